The molecule has 3 rings (SSSR count). The number of H-pyrrole nitrogens is 1. The van der Waals surface area contributed by atoms with Crippen LogP contribution in [-0.4, -0.2) is 11.8 Å². The van der Waals surface area contributed by atoms with Crippen molar-refractivity contribution < 1.29 is 14.6 Å². The number of para-hydroxylation sites is 1. The average Bonchev–Trinajstić information content (AvgIpc) is 3.28. The molecule has 0 radical (unpaired) electrons. The van der Waals surface area contributed by atoms with Crippen molar-refractivity contribution in [1.82, 2.24) is 0 Å². The number of hydrogen-bond donors (Lipinski definition) is 2. The van der Waals surface area contributed by atoms with Crippen LogP contribution in [0, 0.1) is 4.91 Å². The molecule has 8 heteroatoms. The number of carbonyl (C=O) groups is 2. The maximum atomic E-state index is 12.4. The third kappa shape index (κ3) is 3.42. The molecule has 2 aromatic rings. The number of nitrogens with zero attached hydrogens (tertiary/aromatic N) is 1. The van der Waals surface area contributed by atoms with Crippen molar-refractivity contribution in [2.75, 3.05) is 10.6 Å². The number of nitrogens with one attached hydrogen (secondary N) is 3. The maximum absolute atomic E-state index is 12.4. The summed E-state index contributed by atoms with van der Waals surface area (Å²) in [7, 11) is 0. The minimum absolute atomic E-state index is 0.253. The molecule has 0 bridgehead atoms. The van der Waals surface area contributed by atoms with Gasteiger partial charge in [0.15, 0.2) is 0 Å². The van der Waals surface area contributed by atoms with Crippen LogP contribution in [0.25, 0.3) is 0 Å². The van der Waals surface area contributed by atoms with Crippen LogP contribution < -0.4 is 15.6 Å². The summed E-state index contributed by atoms with van der Waals surface area (Å²) in [6, 6.07) is 6.72. The van der Waals surface area contributed by atoms with Crippen LogP contribution in [0.2, 0.25) is 0 Å². The summed E-state index contributed by atoms with van der Waals surface area (Å²) >= 11 is 1.12. The van der Waals surface area contributed by atoms with Crippen LogP contribution in [0.15, 0.2) is 29.4 Å². The first kappa shape index (κ1) is 15.3. The van der Waals surface area contributed by atoms with Crippen LogP contribution in [0.3, 0.4) is 0 Å². The number of anilines is 2. The van der Waals surface area contributed by atoms with Gasteiger partial charge in [0.1, 0.15) is 5.69 Å². The molecule has 0 aliphatic heterocycles. The molecular formula is C15H15N4O3S+. The van der Waals surface area contributed by atoms with E-state index in [0.717, 1.165) is 29.9 Å². The first-order valence-corrected chi connectivity index (χ1v) is 7.97. The Morgan fingerprint density at radius 1 is 1.26 bits per heavy atom. The van der Waals surface area contributed by atoms with E-state index < -0.39 is 0 Å². The molecule has 0 unspecified atom stereocenters. The van der Waals surface area contributed by atoms with Crippen LogP contribution >= 0.6 is 11.3 Å². The third-order valence-electron chi connectivity index (χ3n) is 3.46. The summed E-state index contributed by atoms with van der Waals surface area (Å²) in [6.45, 7) is 1.38. The van der Waals surface area contributed by atoms with Crippen LogP contribution in [0.4, 0.5) is 15.8 Å². The summed E-state index contributed by atoms with van der Waals surface area (Å²) in [4.78, 5) is 37.6. The molecule has 0 spiro atoms. The number of hydrogen-bond acceptors (Lipinski definition) is 5. The highest BCUT2D eigenvalue weighted by molar-refractivity contribution is 7.19. The zero-order valence-corrected chi connectivity index (χ0v) is 13.2. The Balaban J connectivity index is 1.82. The number of rotatable bonds is 5. The number of carbonyl (C=O) groups excluding carboxylic acids is 2. The van der Waals surface area contributed by atoms with Crippen molar-refractivity contribution in [2.45, 2.75) is 25.7 Å². The summed E-state index contributed by atoms with van der Waals surface area (Å²) in [6.07, 6.45) is 2.04. The van der Waals surface area contributed by atoms with E-state index in [-0.39, 0.29) is 11.8 Å². The molecule has 0 saturated heterocycles. The van der Waals surface area contributed by atoms with Gasteiger partial charge in [0.2, 0.25) is 10.9 Å². The predicted molar refractivity (Wildman–Crippen MR) is 87.0 cm³/mol. The van der Waals surface area contributed by atoms with Crippen molar-refractivity contribution in [2.24, 2.45) is 5.18 Å². The summed E-state index contributed by atoms with van der Waals surface area (Å²) in [5, 5.41) is 9.20. The van der Waals surface area contributed by atoms with Gasteiger partial charge in [-0.3, -0.25) is 4.79 Å². The number of benzene rings is 1. The van der Waals surface area contributed by atoms with Gasteiger partial charge in [-0.05, 0) is 41.5 Å². The first-order chi connectivity index (χ1) is 11.1. The van der Waals surface area contributed by atoms with Crippen LogP contribution in [-0.2, 0) is 4.79 Å². The fraction of sp³-hybridized carbons (Fsp3) is 0.267. The van der Waals surface area contributed by atoms with Gasteiger partial charge in [-0.25, -0.2) is 9.78 Å². The SMILES string of the molecule is CC(=O)Nc1ccccc1C(=O)Nc1[nH+]c(C2CC2)c(N=O)s1. The van der Waals surface area contributed by atoms with E-state index in [1.54, 1.807) is 24.3 Å². The van der Waals surface area contributed by atoms with Gasteiger partial charge in [0.05, 0.1) is 11.3 Å². The van der Waals surface area contributed by atoms with E-state index in [2.05, 4.69) is 20.8 Å². The fourth-order valence-corrected chi connectivity index (χ4v) is 3.14. The van der Waals surface area contributed by atoms with Crippen molar-refractivity contribution in [3.8, 4) is 0 Å². The Morgan fingerprint density at radius 2 is 2.00 bits per heavy atom. The topological polar surface area (TPSA) is 102 Å². The molecule has 1 aliphatic carbocycles. The minimum Gasteiger partial charge on any atom is -0.326 e. The normalized spacial score (nSPS) is 13.4. The minimum atomic E-state index is -0.369. The lowest BCUT2D eigenvalue weighted by molar-refractivity contribution is -0.366. The second-order valence-corrected chi connectivity index (χ2v) is 6.32. The van der Waals surface area contributed by atoms with E-state index in [4.69, 9.17) is 0 Å². The summed E-state index contributed by atoms with van der Waals surface area (Å²) in [5.41, 5.74) is 1.57. The van der Waals surface area contributed by atoms with Gasteiger partial charge >= 0.3 is 11.0 Å². The molecule has 23 heavy (non-hydrogen) atoms. The van der Waals surface area contributed by atoms with Crippen molar-refractivity contribution in [3.63, 3.8) is 0 Å². The van der Waals surface area contributed by atoms with E-state index >= 15 is 0 Å². The lowest BCUT2D eigenvalue weighted by Gasteiger charge is -2.06. The molecule has 7 nitrogen and oxygen atoms in total. The third-order valence-corrected chi connectivity index (χ3v) is 4.35. The van der Waals surface area contributed by atoms with E-state index in [1.807, 2.05) is 0 Å². The lowest BCUT2D eigenvalue weighted by Crippen LogP contribution is -2.20. The Hall–Kier alpha value is -2.61. The maximum Gasteiger partial charge on any atom is 0.341 e. The van der Waals surface area contributed by atoms with Gasteiger partial charge < -0.3 is 5.32 Å². The number of nitroso groups, excluding NO2 is 1. The summed E-state index contributed by atoms with van der Waals surface area (Å²) in [5.74, 6) is -0.292. The highest BCUT2D eigenvalue weighted by Crippen LogP contribution is 2.45. The second-order valence-electron chi connectivity index (χ2n) is 5.32. The van der Waals surface area contributed by atoms with Gasteiger partial charge in [-0.1, -0.05) is 12.1 Å². The van der Waals surface area contributed by atoms with Crippen LogP contribution in [0.5, 0.6) is 0 Å². The van der Waals surface area contributed by atoms with E-state index in [1.165, 1.54) is 6.92 Å². The number of aromatic nitrogens is 1. The fourth-order valence-electron chi connectivity index (χ4n) is 2.28. The van der Waals surface area contributed by atoms with Gasteiger partial charge in [-0.15, -0.1) is 4.91 Å². The van der Waals surface area contributed by atoms with Gasteiger partial charge in [0, 0.05) is 12.8 Å². The molecule has 1 heterocycles. The van der Waals surface area contributed by atoms with Crippen LogP contribution in [0.1, 0.15) is 41.7 Å². The molecule has 1 aromatic carbocycles. The Kier molecular flexibility index (Phi) is 4.16. The molecule has 1 aliphatic rings. The number of aromatic amines is 1. The molecule has 3 N–H and O–H groups in total. The molecule has 0 atom stereocenters. The zero-order valence-electron chi connectivity index (χ0n) is 12.4. The predicted octanol–water partition coefficient (Wildman–Crippen LogP) is 3.05. The second kappa shape index (κ2) is 6.25. The van der Waals surface area contributed by atoms with Crippen molar-refractivity contribution >= 4 is 39.0 Å². The molecular weight excluding hydrogens is 316 g/mol. The number of thiazole rings is 1. The number of amides is 2. The monoisotopic (exact) mass is 331 g/mol. The standard InChI is InChI=1S/C15H14N4O3S/c1-8(20)16-11-5-3-2-4-10(11)13(21)18-15-17-12(9-6-7-9)14(19-22)23-15/h2-5,9H,6-7H2,1H3,(H,16,20)(H,17,18,21)/p+1. The lowest BCUT2D eigenvalue weighted by atomic mass is 10.1. The van der Waals surface area contributed by atoms with Crippen molar-refractivity contribution in [3.05, 3.63) is 40.4 Å². The van der Waals surface area contributed by atoms with Crippen molar-refractivity contribution in [1.29, 1.82) is 0 Å². The highest BCUT2D eigenvalue weighted by Gasteiger charge is 2.34. The van der Waals surface area contributed by atoms with Gasteiger partial charge in [0.25, 0.3) is 0 Å². The molecule has 1 fully saturated rings. The van der Waals surface area contributed by atoms with E-state index in [0.29, 0.717) is 27.3 Å². The largest absolute Gasteiger partial charge is 0.341 e. The molecule has 1 aromatic heterocycles. The summed E-state index contributed by atoms with van der Waals surface area (Å²) < 4.78 is 0. The average molecular weight is 331 g/mol. The Labute approximate surface area is 136 Å². The molecule has 2 amide bonds. The van der Waals surface area contributed by atoms with E-state index in [9.17, 15) is 14.5 Å². The molecule has 1 saturated carbocycles. The highest BCUT2D eigenvalue weighted by atomic mass is 32.1. The first-order valence-electron chi connectivity index (χ1n) is 7.16. The quantitative estimate of drug-likeness (QED) is 0.823. The smallest absolute Gasteiger partial charge is 0.326 e. The Morgan fingerprint density at radius 3 is 2.65 bits per heavy atom. The van der Waals surface area contributed by atoms with Gasteiger partial charge in [-0.2, -0.15) is 5.32 Å². The molecule has 118 valence electrons. The Bertz CT molecular complexity index is 783. The zero-order chi connectivity index (χ0) is 16.4.